The first-order valence-electron chi connectivity index (χ1n) is 5.78. The van der Waals surface area contributed by atoms with Crippen LogP contribution in [-0.2, 0) is 19.1 Å². The lowest BCUT2D eigenvalue weighted by Crippen LogP contribution is -2.04. The van der Waals surface area contributed by atoms with Crippen molar-refractivity contribution >= 4 is 0 Å². The molecular formula is C13H11F3N2. The molecule has 18 heavy (non-hydrogen) atoms. The van der Waals surface area contributed by atoms with Gasteiger partial charge in [-0.2, -0.15) is 18.3 Å². The van der Waals surface area contributed by atoms with Gasteiger partial charge in [0.2, 0.25) is 0 Å². The number of benzene rings is 1. The highest BCUT2D eigenvalue weighted by molar-refractivity contribution is 5.60. The lowest BCUT2D eigenvalue weighted by molar-refractivity contribution is -0.137. The number of aryl methyl sites for hydroxylation is 2. The minimum atomic E-state index is -4.31. The molecule has 1 aromatic heterocycles. The zero-order valence-electron chi connectivity index (χ0n) is 9.54. The number of aromatic nitrogens is 2. The van der Waals surface area contributed by atoms with E-state index in [2.05, 4.69) is 5.10 Å². The molecule has 0 bridgehead atoms. The molecule has 0 saturated carbocycles. The molecule has 2 aromatic rings. The van der Waals surface area contributed by atoms with Crippen LogP contribution in [-0.4, -0.2) is 9.78 Å². The zero-order chi connectivity index (χ0) is 12.8. The third kappa shape index (κ3) is 1.89. The number of halogens is 3. The Labute approximate surface area is 102 Å². The van der Waals surface area contributed by atoms with Gasteiger partial charge in [-0.1, -0.05) is 12.1 Å². The average molecular weight is 252 g/mol. The lowest BCUT2D eigenvalue weighted by Gasteiger charge is -2.07. The van der Waals surface area contributed by atoms with Crippen LogP contribution in [0, 0.1) is 0 Å². The van der Waals surface area contributed by atoms with Crippen LogP contribution in [0.3, 0.4) is 0 Å². The Morgan fingerprint density at radius 2 is 2.00 bits per heavy atom. The van der Waals surface area contributed by atoms with Gasteiger partial charge in [-0.15, -0.1) is 0 Å². The van der Waals surface area contributed by atoms with Crippen LogP contribution in [0.2, 0.25) is 0 Å². The van der Waals surface area contributed by atoms with Gasteiger partial charge >= 0.3 is 6.18 Å². The second-order valence-electron chi connectivity index (χ2n) is 4.43. The van der Waals surface area contributed by atoms with Gasteiger partial charge in [0.1, 0.15) is 0 Å². The second kappa shape index (κ2) is 3.86. The fourth-order valence-electron chi connectivity index (χ4n) is 2.26. The summed E-state index contributed by atoms with van der Waals surface area (Å²) in [5, 5.41) is 4.33. The molecule has 0 aliphatic carbocycles. The molecule has 0 atom stereocenters. The molecule has 0 amide bonds. The quantitative estimate of drug-likeness (QED) is 0.759. The van der Waals surface area contributed by atoms with Crippen molar-refractivity contribution in [1.82, 2.24) is 9.78 Å². The molecule has 0 saturated heterocycles. The smallest absolute Gasteiger partial charge is 0.269 e. The Balaban J connectivity index is 2.01. The highest BCUT2D eigenvalue weighted by Crippen LogP contribution is 2.32. The van der Waals surface area contributed by atoms with Crippen molar-refractivity contribution < 1.29 is 13.2 Å². The lowest BCUT2D eigenvalue weighted by atomic mass is 10.1. The van der Waals surface area contributed by atoms with E-state index in [1.54, 1.807) is 6.07 Å². The van der Waals surface area contributed by atoms with Gasteiger partial charge in [0.15, 0.2) is 0 Å². The second-order valence-corrected chi connectivity index (χ2v) is 4.43. The number of hydrogen-bond donors (Lipinski definition) is 0. The van der Waals surface area contributed by atoms with E-state index in [9.17, 15) is 13.2 Å². The van der Waals surface area contributed by atoms with E-state index in [-0.39, 0.29) is 0 Å². The third-order valence-corrected chi connectivity index (χ3v) is 3.15. The molecule has 2 nitrogen and oxygen atoms in total. The number of rotatable bonds is 1. The Hall–Kier alpha value is -1.78. The van der Waals surface area contributed by atoms with Crippen LogP contribution >= 0.6 is 0 Å². The highest BCUT2D eigenvalue weighted by atomic mass is 19.4. The predicted octanol–water partition coefficient (Wildman–Crippen LogP) is 3.52. The maximum Gasteiger partial charge on any atom is 0.416 e. The van der Waals surface area contributed by atoms with Gasteiger partial charge in [0.05, 0.1) is 11.3 Å². The first-order chi connectivity index (χ1) is 8.54. The monoisotopic (exact) mass is 252 g/mol. The van der Waals surface area contributed by atoms with Gasteiger partial charge in [-0.05, 0) is 31.0 Å². The Bertz CT molecular complexity index is 563. The summed E-state index contributed by atoms with van der Waals surface area (Å²) in [7, 11) is 0. The van der Waals surface area contributed by atoms with Gasteiger partial charge in [-0.3, -0.25) is 4.68 Å². The van der Waals surface area contributed by atoms with Gasteiger partial charge in [0, 0.05) is 17.8 Å². The van der Waals surface area contributed by atoms with E-state index < -0.39 is 11.7 Å². The Morgan fingerprint density at radius 1 is 1.17 bits per heavy atom. The number of hydrogen-bond acceptors (Lipinski definition) is 1. The summed E-state index contributed by atoms with van der Waals surface area (Å²) in [5.74, 6) is 0. The molecule has 1 aliphatic heterocycles. The van der Waals surface area contributed by atoms with Crippen molar-refractivity contribution in [2.24, 2.45) is 0 Å². The fourth-order valence-corrected chi connectivity index (χ4v) is 2.26. The zero-order valence-corrected chi connectivity index (χ0v) is 9.54. The standard InChI is InChI=1S/C13H11F3N2/c14-13(15,16)10-4-1-3-9(7-10)12-8-11-5-2-6-18(11)17-12/h1,3-4,7-8H,2,5-6H2. The van der Waals surface area contributed by atoms with Crippen LogP contribution in [0.5, 0.6) is 0 Å². The molecule has 1 aliphatic rings. The molecule has 0 unspecified atom stereocenters. The van der Waals surface area contributed by atoms with Crippen molar-refractivity contribution in [3.63, 3.8) is 0 Å². The van der Waals surface area contributed by atoms with E-state index in [4.69, 9.17) is 0 Å². The summed E-state index contributed by atoms with van der Waals surface area (Å²) >= 11 is 0. The van der Waals surface area contributed by atoms with E-state index in [0.717, 1.165) is 37.2 Å². The van der Waals surface area contributed by atoms with Gasteiger partial charge in [-0.25, -0.2) is 0 Å². The Morgan fingerprint density at radius 3 is 2.72 bits per heavy atom. The van der Waals surface area contributed by atoms with Crippen LogP contribution < -0.4 is 0 Å². The van der Waals surface area contributed by atoms with E-state index in [1.807, 2.05) is 10.7 Å². The highest BCUT2D eigenvalue weighted by Gasteiger charge is 2.30. The van der Waals surface area contributed by atoms with E-state index >= 15 is 0 Å². The van der Waals surface area contributed by atoms with E-state index in [1.165, 1.54) is 6.07 Å². The number of nitrogens with zero attached hydrogens (tertiary/aromatic N) is 2. The average Bonchev–Trinajstić information content (AvgIpc) is 2.88. The predicted molar refractivity (Wildman–Crippen MR) is 61.0 cm³/mol. The van der Waals surface area contributed by atoms with E-state index in [0.29, 0.717) is 11.3 Å². The van der Waals surface area contributed by atoms with Gasteiger partial charge < -0.3 is 0 Å². The SMILES string of the molecule is FC(F)(F)c1cccc(-c2cc3n(n2)CCC3)c1. The molecule has 5 heteroatoms. The summed E-state index contributed by atoms with van der Waals surface area (Å²) < 4.78 is 39.7. The normalized spacial score (nSPS) is 14.8. The topological polar surface area (TPSA) is 17.8 Å². The Kier molecular flexibility index (Phi) is 2.43. The first-order valence-corrected chi connectivity index (χ1v) is 5.78. The largest absolute Gasteiger partial charge is 0.416 e. The van der Waals surface area contributed by atoms with Crippen molar-refractivity contribution in [1.29, 1.82) is 0 Å². The molecule has 94 valence electrons. The molecule has 0 spiro atoms. The van der Waals surface area contributed by atoms with Crippen molar-refractivity contribution in [3.8, 4) is 11.3 Å². The first kappa shape index (κ1) is 11.3. The van der Waals surface area contributed by atoms with Crippen molar-refractivity contribution in [2.75, 3.05) is 0 Å². The molecule has 3 rings (SSSR count). The summed E-state index contributed by atoms with van der Waals surface area (Å²) in [6.45, 7) is 0.855. The maximum absolute atomic E-state index is 12.6. The fraction of sp³-hybridized carbons (Fsp3) is 0.308. The van der Waals surface area contributed by atoms with Crippen LogP contribution in [0.15, 0.2) is 30.3 Å². The molecule has 0 fully saturated rings. The van der Waals surface area contributed by atoms with Crippen LogP contribution in [0.25, 0.3) is 11.3 Å². The molecule has 2 heterocycles. The maximum atomic E-state index is 12.6. The third-order valence-electron chi connectivity index (χ3n) is 3.15. The van der Waals surface area contributed by atoms with Crippen molar-refractivity contribution in [3.05, 3.63) is 41.6 Å². The summed E-state index contributed by atoms with van der Waals surface area (Å²) in [4.78, 5) is 0. The molecule has 0 N–H and O–H groups in total. The van der Waals surface area contributed by atoms with Crippen LogP contribution in [0.1, 0.15) is 17.7 Å². The summed E-state index contributed by atoms with van der Waals surface area (Å²) in [6.07, 6.45) is -2.30. The number of alkyl halides is 3. The number of fused-ring (bicyclic) bond motifs is 1. The minimum Gasteiger partial charge on any atom is -0.269 e. The minimum absolute atomic E-state index is 0.520. The van der Waals surface area contributed by atoms with Crippen LogP contribution in [0.4, 0.5) is 13.2 Å². The molecule has 1 aromatic carbocycles. The van der Waals surface area contributed by atoms with Crippen molar-refractivity contribution in [2.45, 2.75) is 25.6 Å². The van der Waals surface area contributed by atoms with Gasteiger partial charge in [0.25, 0.3) is 0 Å². The molecular weight excluding hydrogens is 241 g/mol. The summed E-state index contributed by atoms with van der Waals surface area (Å²) in [6, 6.07) is 7.18. The molecule has 0 radical (unpaired) electrons. The summed E-state index contributed by atoms with van der Waals surface area (Å²) in [5.41, 5.74) is 1.61.